The van der Waals surface area contributed by atoms with Gasteiger partial charge in [-0.05, 0) is 37.1 Å². The maximum absolute atomic E-state index is 10.3. The van der Waals surface area contributed by atoms with Crippen molar-refractivity contribution < 1.29 is 14.6 Å². The van der Waals surface area contributed by atoms with Crippen molar-refractivity contribution in [2.75, 3.05) is 6.61 Å². The van der Waals surface area contributed by atoms with Crippen LogP contribution in [0, 0.1) is 25.2 Å². The molecule has 0 spiro atoms. The molecule has 0 radical (unpaired) electrons. The van der Waals surface area contributed by atoms with E-state index in [-0.39, 0.29) is 6.61 Å². The monoisotopic (exact) mass is 205 g/mol. The minimum Gasteiger partial charge on any atom is -0.481 e. The Hall–Kier alpha value is -2.02. The van der Waals surface area contributed by atoms with Crippen LogP contribution in [0.3, 0.4) is 0 Å². The van der Waals surface area contributed by atoms with Gasteiger partial charge in [0.25, 0.3) is 0 Å². The molecular weight excluding hydrogens is 194 g/mol. The number of ether oxygens (including phenoxy) is 1. The van der Waals surface area contributed by atoms with Crippen molar-refractivity contribution in [3.63, 3.8) is 0 Å². The van der Waals surface area contributed by atoms with Gasteiger partial charge in [-0.3, -0.25) is 0 Å². The summed E-state index contributed by atoms with van der Waals surface area (Å²) < 4.78 is 5.12. The number of aliphatic carboxylic acids is 1. The fraction of sp³-hybridized carbons (Fsp3) is 0.273. The zero-order valence-corrected chi connectivity index (χ0v) is 8.57. The zero-order valence-electron chi connectivity index (χ0n) is 8.57. The minimum atomic E-state index is -1.02. The molecule has 0 fully saturated rings. The number of nitriles is 1. The Morgan fingerprint density at radius 1 is 1.47 bits per heavy atom. The lowest BCUT2D eigenvalue weighted by Crippen LogP contribution is -2.11. The van der Waals surface area contributed by atoms with E-state index in [2.05, 4.69) is 0 Å². The van der Waals surface area contributed by atoms with Crippen molar-refractivity contribution in [1.29, 1.82) is 5.26 Å². The van der Waals surface area contributed by atoms with Crippen molar-refractivity contribution in [1.82, 2.24) is 0 Å². The molecule has 0 atom stereocenters. The lowest BCUT2D eigenvalue weighted by Gasteiger charge is -2.10. The molecule has 0 saturated carbocycles. The predicted octanol–water partition coefficient (Wildman–Crippen LogP) is 1.64. The molecule has 4 heteroatoms. The zero-order chi connectivity index (χ0) is 11.4. The molecule has 0 aromatic heterocycles. The molecule has 0 amide bonds. The number of carbonyl (C=O) groups is 1. The molecule has 1 N–H and O–H groups in total. The van der Waals surface area contributed by atoms with Gasteiger partial charge in [0.15, 0.2) is 6.61 Å². The Balaban J connectivity index is 2.99. The molecule has 1 aromatic carbocycles. The van der Waals surface area contributed by atoms with E-state index >= 15 is 0 Å². The quantitative estimate of drug-likeness (QED) is 0.814. The van der Waals surface area contributed by atoms with Crippen LogP contribution in [0.1, 0.15) is 16.7 Å². The number of benzene rings is 1. The van der Waals surface area contributed by atoms with Gasteiger partial charge in [-0.25, -0.2) is 4.79 Å². The van der Waals surface area contributed by atoms with Crippen LogP contribution < -0.4 is 4.74 Å². The molecule has 0 bridgehead atoms. The fourth-order valence-electron chi connectivity index (χ4n) is 1.38. The van der Waals surface area contributed by atoms with Gasteiger partial charge >= 0.3 is 5.97 Å². The second-order valence-corrected chi connectivity index (χ2v) is 3.23. The molecule has 15 heavy (non-hydrogen) atoms. The predicted molar refractivity (Wildman–Crippen MR) is 53.8 cm³/mol. The van der Waals surface area contributed by atoms with Crippen molar-refractivity contribution >= 4 is 5.97 Å². The van der Waals surface area contributed by atoms with Crippen LogP contribution in [0.5, 0.6) is 5.75 Å². The van der Waals surface area contributed by atoms with Crippen molar-refractivity contribution in [3.05, 3.63) is 28.8 Å². The van der Waals surface area contributed by atoms with Crippen molar-refractivity contribution in [2.24, 2.45) is 0 Å². The molecule has 78 valence electrons. The number of nitrogens with zero attached hydrogens (tertiary/aromatic N) is 1. The third-order valence-corrected chi connectivity index (χ3v) is 1.93. The summed E-state index contributed by atoms with van der Waals surface area (Å²) in [6, 6.07) is 5.37. The maximum Gasteiger partial charge on any atom is 0.341 e. The number of hydrogen-bond donors (Lipinski definition) is 1. The average molecular weight is 205 g/mol. The third kappa shape index (κ3) is 2.71. The van der Waals surface area contributed by atoms with Crippen LogP contribution in [-0.4, -0.2) is 17.7 Å². The summed E-state index contributed by atoms with van der Waals surface area (Å²) in [5, 5.41) is 17.2. The van der Waals surface area contributed by atoms with E-state index in [4.69, 9.17) is 15.1 Å². The lowest BCUT2D eigenvalue weighted by atomic mass is 10.1. The van der Waals surface area contributed by atoms with E-state index in [1.807, 2.05) is 6.07 Å². The highest BCUT2D eigenvalue weighted by Gasteiger charge is 2.07. The number of rotatable bonds is 3. The standard InChI is InChI=1S/C11H11NO3/c1-7-3-9(5-12)4-8(2)11(7)15-6-10(13)14/h3-4H,6H2,1-2H3,(H,13,14). The number of aryl methyl sites for hydroxylation is 2. The first kappa shape index (κ1) is 11.1. The van der Waals surface area contributed by atoms with Gasteiger partial charge in [0.05, 0.1) is 11.6 Å². The fourth-order valence-corrected chi connectivity index (χ4v) is 1.38. The number of carboxylic acids is 1. The van der Waals surface area contributed by atoms with Crippen LogP contribution >= 0.6 is 0 Å². The highest BCUT2D eigenvalue weighted by molar-refractivity contribution is 5.68. The topological polar surface area (TPSA) is 70.3 Å². The summed E-state index contributed by atoms with van der Waals surface area (Å²) in [6.07, 6.45) is 0. The van der Waals surface area contributed by atoms with Crippen LogP contribution in [-0.2, 0) is 4.79 Å². The summed E-state index contributed by atoms with van der Waals surface area (Å²) in [5.41, 5.74) is 2.09. The normalized spacial score (nSPS) is 9.40. The minimum absolute atomic E-state index is 0.367. The highest BCUT2D eigenvalue weighted by Crippen LogP contribution is 2.24. The van der Waals surface area contributed by atoms with Crippen LogP contribution in [0.15, 0.2) is 12.1 Å². The van der Waals surface area contributed by atoms with E-state index in [1.54, 1.807) is 26.0 Å². The van der Waals surface area contributed by atoms with Gasteiger partial charge in [0.1, 0.15) is 5.75 Å². The Morgan fingerprint density at radius 3 is 2.40 bits per heavy atom. The molecule has 1 aromatic rings. The Kier molecular flexibility index (Phi) is 3.29. The van der Waals surface area contributed by atoms with Crippen LogP contribution in [0.2, 0.25) is 0 Å². The van der Waals surface area contributed by atoms with E-state index in [9.17, 15) is 4.79 Å². The van der Waals surface area contributed by atoms with Crippen LogP contribution in [0.25, 0.3) is 0 Å². The summed E-state index contributed by atoms with van der Waals surface area (Å²) in [4.78, 5) is 10.3. The summed E-state index contributed by atoms with van der Waals surface area (Å²) >= 11 is 0. The van der Waals surface area contributed by atoms with E-state index < -0.39 is 5.97 Å². The SMILES string of the molecule is Cc1cc(C#N)cc(C)c1OCC(=O)O. The molecule has 0 aliphatic carbocycles. The number of carboxylic acid groups (broad SMARTS) is 1. The van der Waals surface area contributed by atoms with Gasteiger partial charge in [0, 0.05) is 0 Å². The van der Waals surface area contributed by atoms with Crippen molar-refractivity contribution in [2.45, 2.75) is 13.8 Å². The van der Waals surface area contributed by atoms with E-state index in [0.29, 0.717) is 11.3 Å². The van der Waals surface area contributed by atoms with E-state index in [0.717, 1.165) is 11.1 Å². The third-order valence-electron chi connectivity index (χ3n) is 1.93. The first-order chi connectivity index (χ1) is 7.04. The summed E-state index contributed by atoms with van der Waals surface area (Å²) in [6.45, 7) is 3.20. The first-order valence-electron chi connectivity index (χ1n) is 4.40. The molecule has 4 nitrogen and oxygen atoms in total. The number of hydrogen-bond acceptors (Lipinski definition) is 3. The Bertz CT molecular complexity index is 409. The Labute approximate surface area is 87.7 Å². The maximum atomic E-state index is 10.3. The van der Waals surface area contributed by atoms with Crippen molar-refractivity contribution in [3.8, 4) is 11.8 Å². The lowest BCUT2D eigenvalue weighted by molar-refractivity contribution is -0.139. The second-order valence-electron chi connectivity index (χ2n) is 3.23. The summed E-state index contributed by atoms with van der Waals surface area (Å²) in [7, 11) is 0. The molecular formula is C11H11NO3. The van der Waals surface area contributed by atoms with Gasteiger partial charge in [-0.2, -0.15) is 5.26 Å². The summed E-state index contributed by atoms with van der Waals surface area (Å²) in [5.74, 6) is -0.477. The second kappa shape index (κ2) is 4.47. The van der Waals surface area contributed by atoms with E-state index in [1.165, 1.54) is 0 Å². The Morgan fingerprint density at radius 2 is 2.00 bits per heavy atom. The largest absolute Gasteiger partial charge is 0.481 e. The highest BCUT2D eigenvalue weighted by atomic mass is 16.5. The molecule has 0 aliphatic heterocycles. The molecule has 0 heterocycles. The average Bonchev–Trinajstić information content (AvgIpc) is 2.15. The molecule has 0 aliphatic rings. The van der Waals surface area contributed by atoms with Gasteiger partial charge < -0.3 is 9.84 Å². The molecule has 0 unspecified atom stereocenters. The first-order valence-corrected chi connectivity index (χ1v) is 4.40. The molecule has 1 rings (SSSR count). The van der Waals surface area contributed by atoms with Gasteiger partial charge in [-0.15, -0.1) is 0 Å². The smallest absolute Gasteiger partial charge is 0.341 e. The molecule has 0 saturated heterocycles. The van der Waals surface area contributed by atoms with Gasteiger partial charge in [-0.1, -0.05) is 0 Å². The van der Waals surface area contributed by atoms with Crippen LogP contribution in [0.4, 0.5) is 0 Å². The van der Waals surface area contributed by atoms with Gasteiger partial charge in [0.2, 0.25) is 0 Å².